The molecule has 1 fully saturated rings. The van der Waals surface area contributed by atoms with E-state index >= 15 is 4.39 Å². The number of fused-ring (bicyclic) bond motifs is 1. The maximum absolute atomic E-state index is 15.2. The average molecular weight is 598 g/mol. The first-order valence-electron chi connectivity index (χ1n) is 14.8. The summed E-state index contributed by atoms with van der Waals surface area (Å²) < 4.78 is 34.2. The first-order chi connectivity index (χ1) is 21.3. The molecule has 0 unspecified atom stereocenters. The predicted molar refractivity (Wildman–Crippen MR) is 166 cm³/mol. The van der Waals surface area contributed by atoms with Gasteiger partial charge >= 0.3 is 0 Å². The summed E-state index contributed by atoms with van der Waals surface area (Å²) in [7, 11) is 1.63. The smallest absolute Gasteiger partial charge is 0.247 e. The fraction of sp³-hybridized carbons (Fsp3) is 0.324. The van der Waals surface area contributed by atoms with Crippen LogP contribution in [0.1, 0.15) is 50.1 Å². The van der Waals surface area contributed by atoms with Gasteiger partial charge in [-0.25, -0.2) is 9.37 Å². The minimum absolute atomic E-state index is 0.243. The van der Waals surface area contributed by atoms with E-state index in [-0.39, 0.29) is 11.8 Å². The normalized spacial score (nSPS) is 21.8. The number of imidazole rings is 1. The van der Waals surface area contributed by atoms with Crippen molar-refractivity contribution in [2.75, 3.05) is 19.0 Å². The van der Waals surface area contributed by atoms with Crippen LogP contribution in [0.5, 0.6) is 11.6 Å². The molecule has 0 radical (unpaired) electrons. The third-order valence-electron chi connectivity index (χ3n) is 8.25. The summed E-state index contributed by atoms with van der Waals surface area (Å²) in [5, 5.41) is 14.9. The number of halogens is 1. The molecule has 44 heavy (non-hydrogen) atoms. The monoisotopic (exact) mass is 597 g/mol. The molecule has 3 aromatic carbocycles. The van der Waals surface area contributed by atoms with Crippen molar-refractivity contribution in [3.63, 3.8) is 0 Å². The van der Waals surface area contributed by atoms with Crippen LogP contribution >= 0.6 is 0 Å². The van der Waals surface area contributed by atoms with Gasteiger partial charge in [-0.05, 0) is 49.1 Å². The van der Waals surface area contributed by atoms with E-state index in [4.69, 9.17) is 24.2 Å². The lowest BCUT2D eigenvalue weighted by molar-refractivity contribution is -0.0858. The van der Waals surface area contributed by atoms with Crippen LogP contribution in [0.15, 0.2) is 91.3 Å². The number of anilines is 1. The van der Waals surface area contributed by atoms with Crippen molar-refractivity contribution in [1.29, 1.82) is 0 Å². The quantitative estimate of drug-likeness (QED) is 0.188. The predicted octanol–water partition coefficient (Wildman–Crippen LogP) is 6.03. The minimum atomic E-state index is -1.81. The molecule has 3 heterocycles. The number of methoxy groups -OCH3 is 1. The first kappa shape index (κ1) is 29.5. The minimum Gasteiger partial charge on any atom is -0.497 e. The van der Waals surface area contributed by atoms with Crippen LogP contribution < -0.4 is 14.8 Å². The van der Waals surface area contributed by atoms with E-state index in [9.17, 15) is 5.11 Å². The summed E-state index contributed by atoms with van der Waals surface area (Å²) >= 11 is 0. The van der Waals surface area contributed by atoms with Gasteiger partial charge in [0.05, 0.1) is 26.1 Å². The van der Waals surface area contributed by atoms with Gasteiger partial charge in [-0.1, -0.05) is 79.7 Å². The molecular formula is C34H36FN5O4. The van der Waals surface area contributed by atoms with Gasteiger partial charge in [-0.15, -0.1) is 0 Å². The average Bonchev–Trinajstić information content (AvgIpc) is 3.58. The topological polar surface area (TPSA) is 104 Å². The molecule has 0 saturated carbocycles. The van der Waals surface area contributed by atoms with Gasteiger partial charge in [-0.3, -0.25) is 4.57 Å². The van der Waals surface area contributed by atoms with E-state index in [1.165, 1.54) is 13.3 Å². The van der Waals surface area contributed by atoms with Crippen molar-refractivity contribution < 1.29 is 23.7 Å². The fourth-order valence-electron chi connectivity index (χ4n) is 5.99. The van der Waals surface area contributed by atoms with Crippen molar-refractivity contribution in [3.8, 4) is 11.6 Å². The Hall–Kier alpha value is -4.54. The van der Waals surface area contributed by atoms with Gasteiger partial charge in [0, 0.05) is 0 Å². The Morgan fingerprint density at radius 2 is 1.57 bits per heavy atom. The summed E-state index contributed by atoms with van der Waals surface area (Å²) in [5.41, 5.74) is 0.758. The van der Waals surface area contributed by atoms with Crippen molar-refractivity contribution in [2.45, 2.75) is 56.8 Å². The van der Waals surface area contributed by atoms with Gasteiger partial charge in [0.1, 0.15) is 16.9 Å². The molecule has 0 bridgehead atoms. The Balaban J connectivity index is 1.57. The molecule has 0 spiro atoms. The highest BCUT2D eigenvalue weighted by molar-refractivity contribution is 5.78. The molecule has 4 atom stereocenters. The molecule has 2 N–H and O–H groups in total. The highest BCUT2D eigenvalue weighted by atomic mass is 19.1. The van der Waals surface area contributed by atoms with E-state index in [2.05, 4.69) is 10.3 Å². The molecule has 10 heteroatoms. The lowest BCUT2D eigenvalue weighted by Gasteiger charge is -2.37. The van der Waals surface area contributed by atoms with E-state index in [1.54, 1.807) is 11.7 Å². The van der Waals surface area contributed by atoms with Gasteiger partial charge < -0.3 is 24.6 Å². The zero-order chi connectivity index (χ0) is 30.9. The van der Waals surface area contributed by atoms with Crippen LogP contribution in [0.3, 0.4) is 0 Å². The molecule has 5 aromatic rings. The first-order valence-corrected chi connectivity index (χ1v) is 14.8. The number of aliphatic hydroxyl groups is 1. The molecule has 0 amide bonds. The van der Waals surface area contributed by atoms with Crippen LogP contribution in [0.25, 0.3) is 11.2 Å². The Morgan fingerprint density at radius 3 is 2.11 bits per heavy atom. The molecule has 9 nitrogen and oxygen atoms in total. The van der Waals surface area contributed by atoms with E-state index in [0.29, 0.717) is 24.2 Å². The Kier molecular flexibility index (Phi) is 7.96. The van der Waals surface area contributed by atoms with E-state index < -0.39 is 29.6 Å². The number of nitrogens with zero attached hydrogens (tertiary/aromatic N) is 4. The van der Waals surface area contributed by atoms with Crippen LogP contribution in [0.4, 0.5) is 10.3 Å². The highest BCUT2D eigenvalue weighted by Crippen LogP contribution is 2.44. The van der Waals surface area contributed by atoms with Crippen molar-refractivity contribution in [2.24, 2.45) is 0 Å². The van der Waals surface area contributed by atoms with E-state index in [1.807, 2.05) is 98.8 Å². The van der Waals surface area contributed by atoms with Crippen molar-refractivity contribution in [3.05, 3.63) is 108 Å². The molecular weight excluding hydrogens is 561 g/mol. The lowest BCUT2D eigenvalue weighted by atomic mass is 9.77. The SMILES string of the molecule is CCOc1nc(NC(c2ccccc2)(c2ccccc2)c2ccc(OC)cc2)nc2c1ncn2[C@@H]1O[C@H](CC)[C@@H](F)[C@@]1(C)O. The van der Waals surface area contributed by atoms with Crippen LogP contribution in [0, 0.1) is 0 Å². The molecule has 1 aliphatic heterocycles. The summed E-state index contributed by atoms with van der Waals surface area (Å²) in [6, 6.07) is 27.9. The zero-order valence-electron chi connectivity index (χ0n) is 25.1. The number of rotatable bonds is 10. The second-order valence-electron chi connectivity index (χ2n) is 11.0. The maximum Gasteiger partial charge on any atom is 0.247 e. The second-order valence-corrected chi connectivity index (χ2v) is 11.0. The number of nitrogens with one attached hydrogen (secondary N) is 1. The molecule has 228 valence electrons. The third-order valence-corrected chi connectivity index (χ3v) is 8.25. The standard InChI is InChI=1S/C34H36FN5O4/c1-5-26-28(35)33(3,41)31(44-26)40-21-36-27-29(40)37-32(38-30(27)43-6-2)39-34(22-13-9-7-10-14-22,23-15-11-8-12-16-23)24-17-19-25(42-4)20-18-24/h7-21,26,28,31,41H,5-6H2,1-4H3,(H,37,38,39)/t26-,28-,31-,33-/m1/s1. The Bertz CT molecular complexity index is 1670. The Morgan fingerprint density at radius 1 is 0.955 bits per heavy atom. The number of aromatic nitrogens is 4. The maximum atomic E-state index is 15.2. The van der Waals surface area contributed by atoms with Gasteiger partial charge in [0.25, 0.3) is 0 Å². The highest BCUT2D eigenvalue weighted by Gasteiger charge is 2.54. The molecule has 0 aliphatic carbocycles. The fourth-order valence-corrected chi connectivity index (χ4v) is 5.99. The number of benzene rings is 3. The summed E-state index contributed by atoms with van der Waals surface area (Å²) in [6.45, 7) is 5.46. The van der Waals surface area contributed by atoms with E-state index in [0.717, 1.165) is 22.4 Å². The summed E-state index contributed by atoms with van der Waals surface area (Å²) in [5.74, 6) is 1.22. The second kappa shape index (κ2) is 11.9. The summed E-state index contributed by atoms with van der Waals surface area (Å²) in [4.78, 5) is 14.2. The molecule has 1 aliphatic rings. The number of hydrogen-bond donors (Lipinski definition) is 2. The molecule has 1 saturated heterocycles. The van der Waals surface area contributed by atoms with Gasteiger partial charge in [-0.2, -0.15) is 9.97 Å². The van der Waals surface area contributed by atoms with Crippen LogP contribution in [-0.4, -0.2) is 56.2 Å². The lowest BCUT2D eigenvalue weighted by Crippen LogP contribution is -2.41. The third kappa shape index (κ3) is 4.93. The number of ether oxygens (including phenoxy) is 3. The zero-order valence-corrected chi connectivity index (χ0v) is 25.1. The van der Waals surface area contributed by atoms with Crippen molar-refractivity contribution >= 4 is 17.1 Å². The van der Waals surface area contributed by atoms with Gasteiger partial charge in [0.2, 0.25) is 11.8 Å². The number of alkyl halides is 1. The largest absolute Gasteiger partial charge is 0.497 e. The van der Waals surface area contributed by atoms with Crippen LogP contribution in [-0.2, 0) is 10.3 Å². The van der Waals surface area contributed by atoms with Crippen LogP contribution in [0.2, 0.25) is 0 Å². The number of hydrogen-bond acceptors (Lipinski definition) is 8. The van der Waals surface area contributed by atoms with Crippen molar-refractivity contribution in [1.82, 2.24) is 19.5 Å². The molecule has 6 rings (SSSR count). The van der Waals surface area contributed by atoms with Gasteiger partial charge in [0.15, 0.2) is 23.6 Å². The molecule has 2 aromatic heterocycles. The Labute approximate surface area is 255 Å². The summed E-state index contributed by atoms with van der Waals surface area (Å²) in [6.07, 6.45) is -1.51.